The molecule has 0 N–H and O–H groups in total. The second-order valence-electron chi connectivity index (χ2n) is 3.83. The fourth-order valence-corrected chi connectivity index (χ4v) is 0.915. The van der Waals surface area contributed by atoms with Crippen molar-refractivity contribution < 1.29 is 14.2 Å². The van der Waals surface area contributed by atoms with Gasteiger partial charge in [-0.05, 0) is 33.2 Å². The molecule has 0 aromatic carbocycles. The smallest absolute Gasteiger partial charge is 0.159 e. The third-order valence-electron chi connectivity index (χ3n) is 1.60. The van der Waals surface area contributed by atoms with Gasteiger partial charge in [-0.15, -0.1) is 0 Å². The van der Waals surface area contributed by atoms with Crippen molar-refractivity contribution >= 4 is 0 Å². The van der Waals surface area contributed by atoms with Crippen LogP contribution in [0.15, 0.2) is 5.11 Å². The highest BCUT2D eigenvalue weighted by molar-refractivity contribution is 4.56. The van der Waals surface area contributed by atoms with Gasteiger partial charge in [0.15, 0.2) is 6.23 Å². The fourth-order valence-electron chi connectivity index (χ4n) is 0.915. The minimum atomic E-state index is -0.580. The van der Waals surface area contributed by atoms with Crippen molar-refractivity contribution in [3.63, 3.8) is 0 Å². The van der Waals surface area contributed by atoms with Gasteiger partial charge in [-0.2, -0.15) is 0 Å². The van der Waals surface area contributed by atoms with E-state index in [-0.39, 0.29) is 18.8 Å². The van der Waals surface area contributed by atoms with E-state index < -0.39 is 6.23 Å². The Bertz CT molecular complexity index is 215. The second-order valence-corrected chi connectivity index (χ2v) is 3.83. The molecule has 0 aromatic rings. The van der Waals surface area contributed by atoms with E-state index in [1.165, 1.54) is 0 Å². The first-order valence-electron chi connectivity index (χ1n) is 5.45. The molecular formula is C10H21N3O3. The van der Waals surface area contributed by atoms with E-state index in [2.05, 4.69) is 10.0 Å². The molecule has 0 aliphatic heterocycles. The maximum atomic E-state index is 8.34. The average Bonchev–Trinajstić information content (AvgIpc) is 2.20. The van der Waals surface area contributed by atoms with Crippen LogP contribution in [0.4, 0.5) is 0 Å². The Morgan fingerprint density at radius 2 is 1.56 bits per heavy atom. The molecule has 0 bridgehead atoms. The van der Waals surface area contributed by atoms with Crippen molar-refractivity contribution in [3.8, 4) is 0 Å². The molecular weight excluding hydrogens is 210 g/mol. The van der Waals surface area contributed by atoms with Crippen molar-refractivity contribution in [2.45, 2.75) is 46.1 Å². The molecule has 1 atom stereocenters. The van der Waals surface area contributed by atoms with Crippen LogP contribution in [-0.4, -0.2) is 38.3 Å². The first-order valence-corrected chi connectivity index (χ1v) is 5.45. The Labute approximate surface area is 96.5 Å². The Morgan fingerprint density at radius 1 is 1.00 bits per heavy atom. The first-order chi connectivity index (χ1) is 7.56. The molecule has 94 valence electrons. The second kappa shape index (κ2) is 9.42. The Balaban J connectivity index is 3.72. The molecule has 0 amide bonds. The van der Waals surface area contributed by atoms with E-state index in [0.717, 1.165) is 0 Å². The quantitative estimate of drug-likeness (QED) is 0.265. The van der Waals surface area contributed by atoms with Crippen molar-refractivity contribution in [2.24, 2.45) is 5.11 Å². The van der Waals surface area contributed by atoms with Crippen molar-refractivity contribution in [1.29, 1.82) is 0 Å². The molecule has 6 heteroatoms. The predicted octanol–water partition coefficient (Wildman–Crippen LogP) is 2.49. The molecule has 0 spiro atoms. The van der Waals surface area contributed by atoms with E-state index in [1.807, 2.05) is 27.7 Å². The average molecular weight is 231 g/mol. The minimum absolute atomic E-state index is 0.0897. The standard InChI is InChI=1S/C10H21N3O3/c1-8(2)14-5-6-15-10(12-13-11)7-16-9(3)4/h8-10H,5-7H2,1-4H3. The highest BCUT2D eigenvalue weighted by atomic mass is 16.6. The lowest BCUT2D eigenvalue weighted by Gasteiger charge is -2.15. The molecule has 0 radical (unpaired) electrons. The van der Waals surface area contributed by atoms with Gasteiger partial charge >= 0.3 is 0 Å². The molecule has 16 heavy (non-hydrogen) atoms. The summed E-state index contributed by atoms with van der Waals surface area (Å²) in [5.41, 5.74) is 8.34. The lowest BCUT2D eigenvalue weighted by atomic mass is 10.5. The monoisotopic (exact) mass is 231 g/mol. The molecule has 0 heterocycles. The van der Waals surface area contributed by atoms with E-state index in [9.17, 15) is 0 Å². The Morgan fingerprint density at radius 3 is 2.06 bits per heavy atom. The number of hydrogen-bond acceptors (Lipinski definition) is 4. The van der Waals surface area contributed by atoms with Crippen LogP contribution in [0.3, 0.4) is 0 Å². The number of azide groups is 1. The van der Waals surface area contributed by atoms with Crippen molar-refractivity contribution in [3.05, 3.63) is 10.4 Å². The topological polar surface area (TPSA) is 76.5 Å². The Kier molecular flexibility index (Phi) is 8.94. The minimum Gasteiger partial charge on any atom is -0.376 e. The molecule has 0 aliphatic rings. The summed E-state index contributed by atoms with van der Waals surface area (Å²) in [7, 11) is 0. The molecule has 0 saturated carbocycles. The lowest BCUT2D eigenvalue weighted by molar-refractivity contribution is -0.0545. The van der Waals surface area contributed by atoms with Gasteiger partial charge in [0.2, 0.25) is 0 Å². The summed E-state index contributed by atoms with van der Waals surface area (Å²) in [5, 5.41) is 3.49. The zero-order valence-electron chi connectivity index (χ0n) is 10.4. The zero-order valence-corrected chi connectivity index (χ0v) is 10.4. The summed E-state index contributed by atoms with van der Waals surface area (Å²) in [4.78, 5) is 2.71. The van der Waals surface area contributed by atoms with Crippen LogP contribution in [0.1, 0.15) is 27.7 Å². The van der Waals surface area contributed by atoms with Gasteiger partial charge < -0.3 is 14.2 Å². The normalized spacial score (nSPS) is 12.9. The first kappa shape index (κ1) is 15.2. The van der Waals surface area contributed by atoms with Crippen LogP contribution in [0.25, 0.3) is 10.4 Å². The third kappa shape index (κ3) is 9.73. The molecule has 0 aromatic heterocycles. The van der Waals surface area contributed by atoms with E-state index in [4.69, 9.17) is 19.7 Å². The third-order valence-corrected chi connectivity index (χ3v) is 1.60. The van der Waals surface area contributed by atoms with Gasteiger partial charge in [-0.1, -0.05) is 5.11 Å². The van der Waals surface area contributed by atoms with Crippen molar-refractivity contribution in [2.75, 3.05) is 19.8 Å². The van der Waals surface area contributed by atoms with Gasteiger partial charge in [-0.25, -0.2) is 0 Å². The largest absolute Gasteiger partial charge is 0.376 e. The van der Waals surface area contributed by atoms with Gasteiger partial charge in [0.05, 0.1) is 32.0 Å². The van der Waals surface area contributed by atoms with E-state index >= 15 is 0 Å². The van der Waals surface area contributed by atoms with E-state index in [1.54, 1.807) is 0 Å². The summed E-state index contributed by atoms with van der Waals surface area (Å²) in [5.74, 6) is 0. The maximum Gasteiger partial charge on any atom is 0.159 e. The summed E-state index contributed by atoms with van der Waals surface area (Å²) in [6.07, 6.45) is -0.316. The van der Waals surface area contributed by atoms with Gasteiger partial charge in [0, 0.05) is 4.91 Å². The SMILES string of the molecule is CC(C)OCCOC(COC(C)C)N=[N+]=[N-]. The van der Waals surface area contributed by atoms with Gasteiger partial charge in [0.25, 0.3) is 0 Å². The Hall–Kier alpha value is -0.810. The molecule has 1 unspecified atom stereocenters. The molecule has 0 rings (SSSR count). The highest BCUT2D eigenvalue weighted by Gasteiger charge is 2.08. The highest BCUT2D eigenvalue weighted by Crippen LogP contribution is 1.99. The van der Waals surface area contributed by atoms with Gasteiger partial charge in [-0.3, -0.25) is 0 Å². The maximum absolute atomic E-state index is 8.34. The van der Waals surface area contributed by atoms with Crippen LogP contribution >= 0.6 is 0 Å². The van der Waals surface area contributed by atoms with Crippen molar-refractivity contribution in [1.82, 2.24) is 0 Å². The van der Waals surface area contributed by atoms with Crippen LogP contribution in [-0.2, 0) is 14.2 Å². The molecule has 6 nitrogen and oxygen atoms in total. The lowest BCUT2D eigenvalue weighted by Crippen LogP contribution is -2.22. The van der Waals surface area contributed by atoms with Crippen LogP contribution in [0.2, 0.25) is 0 Å². The number of nitrogens with zero attached hydrogens (tertiary/aromatic N) is 3. The summed E-state index contributed by atoms with van der Waals surface area (Å²) >= 11 is 0. The predicted molar refractivity (Wildman–Crippen MR) is 61.1 cm³/mol. The van der Waals surface area contributed by atoms with Crippen LogP contribution < -0.4 is 0 Å². The number of rotatable bonds is 9. The molecule has 0 aliphatic carbocycles. The van der Waals surface area contributed by atoms with E-state index in [0.29, 0.717) is 13.2 Å². The summed E-state index contributed by atoms with van der Waals surface area (Å²) in [6, 6.07) is 0. The number of ether oxygens (including phenoxy) is 3. The fraction of sp³-hybridized carbons (Fsp3) is 1.00. The van der Waals surface area contributed by atoms with Gasteiger partial charge in [0.1, 0.15) is 0 Å². The molecule has 0 saturated heterocycles. The summed E-state index contributed by atoms with van der Waals surface area (Å²) in [6.45, 7) is 8.87. The van der Waals surface area contributed by atoms with Crippen LogP contribution in [0.5, 0.6) is 0 Å². The van der Waals surface area contributed by atoms with Crippen LogP contribution in [0, 0.1) is 0 Å². The molecule has 0 fully saturated rings. The number of hydrogen-bond donors (Lipinski definition) is 0. The summed E-state index contributed by atoms with van der Waals surface area (Å²) < 4.78 is 15.9. The zero-order chi connectivity index (χ0) is 12.4.